The zero-order valence-electron chi connectivity index (χ0n) is 13.1. The van der Waals surface area contributed by atoms with Gasteiger partial charge in [0.2, 0.25) is 0 Å². The number of nitrogens with zero attached hydrogens (tertiary/aromatic N) is 2. The van der Waals surface area contributed by atoms with Gasteiger partial charge in [-0.1, -0.05) is 12.8 Å². The number of pyridine rings is 1. The van der Waals surface area contributed by atoms with Crippen LogP contribution in [0.4, 0.5) is 5.82 Å². The summed E-state index contributed by atoms with van der Waals surface area (Å²) in [4.78, 5) is 7.44. The van der Waals surface area contributed by atoms with Crippen molar-refractivity contribution in [3.05, 3.63) is 23.4 Å². The quantitative estimate of drug-likeness (QED) is 0.919. The van der Waals surface area contributed by atoms with Gasteiger partial charge in [-0.3, -0.25) is 0 Å². The van der Waals surface area contributed by atoms with Crippen molar-refractivity contribution in [1.82, 2.24) is 10.3 Å². The molecule has 0 amide bonds. The third-order valence-electron chi connectivity index (χ3n) is 5.56. The lowest BCUT2D eigenvalue weighted by molar-refractivity contribution is 0.341. The molecular formula is C18H27N3. The fraction of sp³-hybridized carbons (Fsp3) is 0.722. The number of fused-ring (bicyclic) bond motifs is 1. The summed E-state index contributed by atoms with van der Waals surface area (Å²) in [6.45, 7) is 4.42. The highest BCUT2D eigenvalue weighted by Gasteiger charge is 2.36. The van der Waals surface area contributed by atoms with Crippen LogP contribution in [-0.4, -0.2) is 23.6 Å². The molecule has 1 N–H and O–H groups in total. The van der Waals surface area contributed by atoms with Gasteiger partial charge in [0, 0.05) is 31.4 Å². The van der Waals surface area contributed by atoms with E-state index in [1.165, 1.54) is 68.4 Å². The van der Waals surface area contributed by atoms with E-state index in [2.05, 4.69) is 29.4 Å². The normalized spacial score (nSPS) is 28.7. The molecule has 3 aliphatic rings. The Balaban J connectivity index is 1.49. The highest BCUT2D eigenvalue weighted by atomic mass is 15.2. The number of aryl methyl sites for hydroxylation is 1. The largest absolute Gasteiger partial charge is 0.353 e. The molecule has 0 radical (unpaired) electrons. The van der Waals surface area contributed by atoms with Crippen molar-refractivity contribution in [2.24, 2.45) is 5.92 Å². The van der Waals surface area contributed by atoms with E-state index < -0.39 is 0 Å². The van der Waals surface area contributed by atoms with Gasteiger partial charge in [-0.2, -0.15) is 0 Å². The van der Waals surface area contributed by atoms with Crippen molar-refractivity contribution in [3.8, 4) is 0 Å². The average Bonchev–Trinajstić information content (AvgIpc) is 3.24. The van der Waals surface area contributed by atoms with Crippen LogP contribution in [-0.2, 0) is 6.54 Å². The molecule has 0 bridgehead atoms. The van der Waals surface area contributed by atoms with E-state index in [1.54, 1.807) is 0 Å². The molecule has 2 atom stereocenters. The fourth-order valence-corrected chi connectivity index (χ4v) is 4.24. The molecule has 0 aromatic carbocycles. The maximum atomic E-state index is 4.84. The third-order valence-corrected chi connectivity index (χ3v) is 5.56. The molecule has 2 unspecified atom stereocenters. The maximum Gasteiger partial charge on any atom is 0.131 e. The Kier molecular flexibility index (Phi) is 3.62. The van der Waals surface area contributed by atoms with Gasteiger partial charge < -0.3 is 10.2 Å². The number of rotatable bonds is 4. The standard InChI is InChI=1S/C18H27N3/c1-13-10-14(11-19-16-6-7-16)12-20-18(13)21-9-8-15-4-2-3-5-17(15)21/h10,12,15-17,19H,2-9,11H2,1H3. The Morgan fingerprint density at radius 3 is 2.86 bits per heavy atom. The summed E-state index contributed by atoms with van der Waals surface area (Å²) in [5.74, 6) is 2.18. The Labute approximate surface area is 128 Å². The second-order valence-electron chi connectivity index (χ2n) is 7.23. The first kappa shape index (κ1) is 13.6. The first-order valence-electron chi connectivity index (χ1n) is 8.77. The van der Waals surface area contributed by atoms with E-state index in [-0.39, 0.29) is 0 Å². The molecule has 1 saturated heterocycles. The van der Waals surface area contributed by atoms with Crippen LogP contribution in [0.2, 0.25) is 0 Å². The monoisotopic (exact) mass is 285 g/mol. The van der Waals surface area contributed by atoms with Crippen LogP contribution in [0.3, 0.4) is 0 Å². The minimum Gasteiger partial charge on any atom is -0.353 e. The van der Waals surface area contributed by atoms with Crippen molar-refractivity contribution in [3.63, 3.8) is 0 Å². The first-order valence-corrected chi connectivity index (χ1v) is 8.77. The summed E-state index contributed by atoms with van der Waals surface area (Å²) in [5, 5.41) is 3.58. The summed E-state index contributed by atoms with van der Waals surface area (Å²) in [6, 6.07) is 3.88. The molecular weight excluding hydrogens is 258 g/mol. The van der Waals surface area contributed by atoms with E-state index >= 15 is 0 Å². The SMILES string of the molecule is Cc1cc(CNC2CC2)cnc1N1CCC2CCCCC21. The average molecular weight is 285 g/mol. The molecule has 21 heavy (non-hydrogen) atoms. The molecule has 4 rings (SSSR count). The molecule has 1 aliphatic heterocycles. The lowest BCUT2D eigenvalue weighted by Crippen LogP contribution is -2.35. The van der Waals surface area contributed by atoms with Gasteiger partial charge in [-0.15, -0.1) is 0 Å². The van der Waals surface area contributed by atoms with E-state index in [1.807, 2.05) is 0 Å². The summed E-state index contributed by atoms with van der Waals surface area (Å²) >= 11 is 0. The van der Waals surface area contributed by atoms with Gasteiger partial charge in [-0.25, -0.2) is 4.98 Å². The first-order chi connectivity index (χ1) is 10.3. The van der Waals surface area contributed by atoms with Crippen LogP contribution in [0.5, 0.6) is 0 Å². The predicted molar refractivity (Wildman–Crippen MR) is 86.5 cm³/mol. The minimum atomic E-state index is 0.764. The third kappa shape index (κ3) is 2.80. The van der Waals surface area contributed by atoms with Crippen molar-refractivity contribution in [2.45, 2.75) is 70.5 Å². The second-order valence-corrected chi connectivity index (χ2v) is 7.23. The summed E-state index contributed by atoms with van der Waals surface area (Å²) in [5.41, 5.74) is 2.69. The van der Waals surface area contributed by atoms with Gasteiger partial charge in [-0.05, 0) is 62.1 Å². The van der Waals surface area contributed by atoms with Crippen LogP contribution in [0.25, 0.3) is 0 Å². The molecule has 3 fully saturated rings. The van der Waals surface area contributed by atoms with E-state index in [9.17, 15) is 0 Å². The summed E-state index contributed by atoms with van der Waals surface area (Å²) < 4.78 is 0. The number of anilines is 1. The van der Waals surface area contributed by atoms with Gasteiger partial charge >= 0.3 is 0 Å². The van der Waals surface area contributed by atoms with E-state index in [4.69, 9.17) is 4.98 Å². The molecule has 1 aromatic rings. The maximum absolute atomic E-state index is 4.84. The van der Waals surface area contributed by atoms with Crippen molar-refractivity contribution >= 4 is 5.82 Å². The Morgan fingerprint density at radius 1 is 1.19 bits per heavy atom. The summed E-state index contributed by atoms with van der Waals surface area (Å²) in [7, 11) is 0. The number of hydrogen-bond acceptors (Lipinski definition) is 3. The smallest absolute Gasteiger partial charge is 0.131 e. The van der Waals surface area contributed by atoms with Gasteiger partial charge in [0.1, 0.15) is 5.82 Å². The zero-order valence-corrected chi connectivity index (χ0v) is 13.1. The van der Waals surface area contributed by atoms with Crippen molar-refractivity contribution in [1.29, 1.82) is 0 Å². The molecule has 114 valence electrons. The minimum absolute atomic E-state index is 0.764. The second kappa shape index (κ2) is 5.60. The van der Waals surface area contributed by atoms with E-state index in [0.29, 0.717) is 0 Å². The molecule has 0 spiro atoms. The van der Waals surface area contributed by atoms with Crippen LogP contribution >= 0.6 is 0 Å². The zero-order chi connectivity index (χ0) is 14.2. The highest BCUT2D eigenvalue weighted by Crippen LogP contribution is 2.39. The van der Waals surface area contributed by atoms with Gasteiger partial charge in [0.25, 0.3) is 0 Å². The highest BCUT2D eigenvalue weighted by molar-refractivity contribution is 5.49. The van der Waals surface area contributed by atoms with Crippen LogP contribution in [0, 0.1) is 12.8 Å². The predicted octanol–water partition coefficient (Wildman–Crippen LogP) is 3.41. The Bertz CT molecular complexity index is 509. The Morgan fingerprint density at radius 2 is 2.05 bits per heavy atom. The molecule has 2 aliphatic carbocycles. The molecule has 3 heteroatoms. The molecule has 2 saturated carbocycles. The van der Waals surface area contributed by atoms with Crippen LogP contribution in [0.1, 0.15) is 56.1 Å². The van der Waals surface area contributed by atoms with Gasteiger partial charge in [0.05, 0.1) is 0 Å². The van der Waals surface area contributed by atoms with Crippen molar-refractivity contribution in [2.75, 3.05) is 11.4 Å². The van der Waals surface area contributed by atoms with Crippen LogP contribution in [0.15, 0.2) is 12.3 Å². The molecule has 3 nitrogen and oxygen atoms in total. The molecule has 2 heterocycles. The lowest BCUT2D eigenvalue weighted by Gasteiger charge is -2.33. The number of hydrogen-bond donors (Lipinski definition) is 1. The topological polar surface area (TPSA) is 28.2 Å². The van der Waals surface area contributed by atoms with Crippen molar-refractivity contribution < 1.29 is 0 Å². The van der Waals surface area contributed by atoms with Crippen LogP contribution < -0.4 is 10.2 Å². The lowest BCUT2D eigenvalue weighted by atomic mass is 9.85. The number of nitrogens with one attached hydrogen (secondary N) is 1. The Hall–Kier alpha value is -1.09. The molecule has 1 aromatic heterocycles. The summed E-state index contributed by atoms with van der Waals surface area (Å²) in [6.07, 6.45) is 11.8. The van der Waals surface area contributed by atoms with E-state index in [0.717, 1.165) is 24.5 Å². The number of aromatic nitrogens is 1. The fourth-order valence-electron chi connectivity index (χ4n) is 4.24. The van der Waals surface area contributed by atoms with Gasteiger partial charge in [0.15, 0.2) is 0 Å².